The smallest absolute Gasteiger partial charge is 0.407 e. The lowest BCUT2D eigenvalue weighted by atomic mass is 10.2. The second-order valence-electron chi connectivity index (χ2n) is 3.47. The summed E-state index contributed by atoms with van der Waals surface area (Å²) in [7, 11) is 0. The zero-order chi connectivity index (χ0) is 13.2. The number of carbonyl (C=O) groups excluding carboxylic acids is 1. The summed E-state index contributed by atoms with van der Waals surface area (Å²) in [5, 5.41) is 19.7. The van der Waals surface area contributed by atoms with Gasteiger partial charge in [-0.2, -0.15) is 0 Å². The van der Waals surface area contributed by atoms with Gasteiger partial charge >= 0.3 is 12.3 Å². The number of ether oxygens (including phenoxy) is 1. The van der Waals surface area contributed by atoms with Crippen molar-refractivity contribution in [2.24, 2.45) is 0 Å². The molecule has 0 fully saturated rings. The van der Waals surface area contributed by atoms with Crippen LogP contribution in [0.25, 0.3) is 4.98 Å². The summed E-state index contributed by atoms with van der Waals surface area (Å²) in [6.07, 6.45) is 0.508. The van der Waals surface area contributed by atoms with Gasteiger partial charge in [-0.1, -0.05) is 30.3 Å². The van der Waals surface area contributed by atoms with Crippen molar-refractivity contribution in [2.75, 3.05) is 6.54 Å². The zero-order valence-electron chi connectivity index (χ0n) is 9.74. The number of nitrogens with zero attached hydrogens (tertiary/aromatic N) is 2. The number of rotatable bonds is 5. The lowest BCUT2D eigenvalue weighted by Crippen LogP contribution is -2.25. The van der Waals surface area contributed by atoms with E-state index < -0.39 is 6.09 Å². The van der Waals surface area contributed by atoms with Gasteiger partial charge in [0.05, 0.1) is 0 Å². The summed E-state index contributed by atoms with van der Waals surface area (Å²) in [6, 6.07) is 9.30. The lowest BCUT2D eigenvalue weighted by Gasteiger charge is -2.06. The zero-order valence-corrected chi connectivity index (χ0v) is 9.74. The molecule has 6 nitrogen and oxygen atoms in total. The van der Waals surface area contributed by atoms with Gasteiger partial charge in [-0.15, -0.1) is 0 Å². The maximum Gasteiger partial charge on any atom is 0.407 e. The normalized spacial score (nSPS) is 10.5. The topological polar surface area (TPSA) is 86.7 Å². The standard InChI is InChI=1S/C12H13N3O3/c13-15-8-11(16)6-7-14-12(17)18-9-10-4-2-1-3-5-10/h1-5,8H,6-7,9H2,(H-,14,16,17)/p+1/b11-8+. The highest BCUT2D eigenvalue weighted by Crippen LogP contribution is 2.00. The minimum atomic E-state index is -0.562. The van der Waals surface area contributed by atoms with Gasteiger partial charge in [-0.25, -0.2) is 4.79 Å². The van der Waals surface area contributed by atoms with E-state index in [4.69, 9.17) is 15.2 Å². The first-order chi connectivity index (χ1) is 8.72. The molecule has 0 saturated heterocycles. The van der Waals surface area contributed by atoms with Crippen LogP contribution in [0.5, 0.6) is 0 Å². The van der Waals surface area contributed by atoms with Crippen LogP contribution in [0.15, 0.2) is 42.3 Å². The number of aliphatic hydroxyl groups is 1. The second kappa shape index (κ2) is 7.68. The van der Waals surface area contributed by atoms with Crippen LogP contribution in [-0.2, 0) is 11.3 Å². The Morgan fingerprint density at radius 1 is 1.44 bits per heavy atom. The molecular weight excluding hydrogens is 234 g/mol. The predicted molar refractivity (Wildman–Crippen MR) is 65.0 cm³/mol. The van der Waals surface area contributed by atoms with Crippen LogP contribution < -0.4 is 5.32 Å². The van der Waals surface area contributed by atoms with Gasteiger partial charge in [-0.05, 0) is 5.56 Å². The minimum Gasteiger partial charge on any atom is -0.505 e. The maximum atomic E-state index is 11.2. The van der Waals surface area contributed by atoms with Gasteiger partial charge in [0, 0.05) is 13.0 Å². The van der Waals surface area contributed by atoms with E-state index in [2.05, 4.69) is 10.3 Å². The lowest BCUT2D eigenvalue weighted by molar-refractivity contribution is 0.139. The Balaban J connectivity index is 2.19. The molecule has 0 atom stereocenters. The van der Waals surface area contributed by atoms with Gasteiger partial charge in [0.2, 0.25) is 5.39 Å². The van der Waals surface area contributed by atoms with Crippen molar-refractivity contribution in [3.05, 3.63) is 52.8 Å². The number of diazo groups is 1. The molecule has 1 rings (SSSR count). The molecule has 0 bridgehead atoms. The third-order valence-electron chi connectivity index (χ3n) is 2.07. The van der Waals surface area contributed by atoms with E-state index in [1.807, 2.05) is 30.3 Å². The molecule has 0 saturated carbocycles. The summed E-state index contributed by atoms with van der Waals surface area (Å²) >= 11 is 0. The van der Waals surface area contributed by atoms with Crippen molar-refractivity contribution in [3.8, 4) is 0 Å². The fraction of sp³-hybridized carbons (Fsp3) is 0.250. The monoisotopic (exact) mass is 248 g/mol. The van der Waals surface area contributed by atoms with E-state index in [0.717, 1.165) is 11.8 Å². The van der Waals surface area contributed by atoms with Gasteiger partial charge < -0.3 is 15.2 Å². The fourth-order valence-corrected chi connectivity index (χ4v) is 1.20. The highest BCUT2D eigenvalue weighted by molar-refractivity contribution is 5.67. The Labute approximate surface area is 105 Å². The average Bonchev–Trinajstić information content (AvgIpc) is 2.38. The van der Waals surface area contributed by atoms with Crippen molar-refractivity contribution in [1.29, 1.82) is 5.39 Å². The largest absolute Gasteiger partial charge is 0.505 e. The quantitative estimate of drug-likeness (QED) is 0.619. The van der Waals surface area contributed by atoms with Crippen molar-refractivity contribution in [2.45, 2.75) is 13.0 Å². The first-order valence-corrected chi connectivity index (χ1v) is 5.39. The van der Waals surface area contributed by atoms with Gasteiger partial charge in [-0.3, -0.25) is 0 Å². The number of aliphatic hydroxyl groups excluding tert-OH is 1. The molecule has 0 spiro atoms. The molecule has 2 N–H and O–H groups in total. The Hall–Kier alpha value is -2.55. The molecule has 1 amide bonds. The molecule has 94 valence electrons. The number of nitrogens with one attached hydrogen (secondary N) is 1. The molecule has 6 heteroatoms. The van der Waals surface area contributed by atoms with Crippen LogP contribution >= 0.6 is 0 Å². The summed E-state index contributed by atoms with van der Waals surface area (Å²) in [5.41, 5.74) is 0.898. The molecule has 1 aromatic carbocycles. The molecule has 0 aliphatic heterocycles. The molecule has 1 aromatic rings. The second-order valence-corrected chi connectivity index (χ2v) is 3.47. The number of carbonyl (C=O) groups is 1. The molecule has 18 heavy (non-hydrogen) atoms. The predicted octanol–water partition coefficient (Wildman–Crippen LogP) is 2.56. The third kappa shape index (κ3) is 5.51. The van der Waals surface area contributed by atoms with Gasteiger partial charge in [0.1, 0.15) is 6.61 Å². The molecule has 0 aromatic heterocycles. The first kappa shape index (κ1) is 13.5. The fourth-order valence-electron chi connectivity index (χ4n) is 1.20. The van der Waals surface area contributed by atoms with Gasteiger partial charge in [0.25, 0.3) is 0 Å². The first-order valence-electron chi connectivity index (χ1n) is 5.39. The van der Waals surface area contributed by atoms with Crippen LogP contribution in [0.1, 0.15) is 12.0 Å². The molecule has 0 aliphatic carbocycles. The number of alkyl carbamates (subject to hydrolysis) is 1. The number of amides is 1. The highest BCUT2D eigenvalue weighted by Gasteiger charge is 2.04. The Kier molecular flexibility index (Phi) is 5.77. The molecule has 0 aliphatic rings. The van der Waals surface area contributed by atoms with Crippen LogP contribution in [0.2, 0.25) is 0 Å². The van der Waals surface area contributed by atoms with E-state index in [1.165, 1.54) is 0 Å². The van der Waals surface area contributed by atoms with E-state index in [0.29, 0.717) is 0 Å². The van der Waals surface area contributed by atoms with Crippen molar-refractivity contribution < 1.29 is 14.6 Å². The highest BCUT2D eigenvalue weighted by atomic mass is 16.5. The van der Waals surface area contributed by atoms with Crippen molar-refractivity contribution >= 4 is 6.09 Å². The Bertz CT molecular complexity index is 451. The summed E-state index contributed by atoms with van der Waals surface area (Å²) < 4.78 is 4.95. The van der Waals surface area contributed by atoms with E-state index in [1.54, 1.807) is 0 Å². The Morgan fingerprint density at radius 3 is 2.83 bits per heavy atom. The minimum absolute atomic E-state index is 0.124. The van der Waals surface area contributed by atoms with Crippen molar-refractivity contribution in [3.63, 3.8) is 0 Å². The average molecular weight is 248 g/mol. The molecule has 0 radical (unpaired) electrons. The van der Waals surface area contributed by atoms with Crippen LogP contribution in [0.4, 0.5) is 4.79 Å². The van der Waals surface area contributed by atoms with Gasteiger partial charge in [0.15, 0.2) is 10.7 Å². The third-order valence-corrected chi connectivity index (χ3v) is 2.07. The van der Waals surface area contributed by atoms with E-state index in [9.17, 15) is 4.79 Å². The Morgan fingerprint density at radius 2 is 2.17 bits per heavy atom. The molecule has 0 heterocycles. The summed E-state index contributed by atoms with van der Waals surface area (Å²) in [6.45, 7) is 0.395. The number of benzene rings is 1. The number of hydrogen-bond acceptors (Lipinski definition) is 4. The van der Waals surface area contributed by atoms with Crippen molar-refractivity contribution in [1.82, 2.24) is 5.32 Å². The molecule has 0 unspecified atom stereocenters. The van der Waals surface area contributed by atoms with E-state index in [-0.39, 0.29) is 25.3 Å². The maximum absolute atomic E-state index is 11.2. The van der Waals surface area contributed by atoms with E-state index >= 15 is 0 Å². The summed E-state index contributed by atoms with van der Waals surface area (Å²) in [5.74, 6) is -0.124. The van der Waals surface area contributed by atoms with Crippen LogP contribution in [0, 0.1) is 5.39 Å². The SMILES string of the molecule is N#[N+]/C=C(/O)CCNC(=O)OCc1ccccc1. The van der Waals surface area contributed by atoms with Crippen LogP contribution in [0.3, 0.4) is 0 Å². The van der Waals surface area contributed by atoms with Crippen LogP contribution in [-0.4, -0.2) is 17.7 Å². The number of hydrogen-bond donors (Lipinski definition) is 2. The molecular formula is C12H14N3O3+. The summed E-state index contributed by atoms with van der Waals surface area (Å²) in [4.78, 5) is 13.9.